The Balaban J connectivity index is 1.84. The lowest BCUT2D eigenvalue weighted by Crippen LogP contribution is -2.55. The van der Waals surface area contributed by atoms with Crippen LogP contribution in [-0.4, -0.2) is 17.5 Å². The van der Waals surface area contributed by atoms with Gasteiger partial charge in [0.05, 0.1) is 0 Å². The molecular weight excluding hydrogens is 292 g/mol. The fourth-order valence-corrected chi connectivity index (χ4v) is 4.52. The number of benzene rings is 1. The van der Waals surface area contributed by atoms with Gasteiger partial charge in [-0.05, 0) is 44.2 Å². The van der Waals surface area contributed by atoms with E-state index in [2.05, 4.69) is 17.6 Å². The lowest BCUT2D eigenvalue weighted by molar-refractivity contribution is -0.128. The van der Waals surface area contributed by atoms with Crippen LogP contribution in [0, 0.1) is 12.8 Å². The Hall–Kier alpha value is -2.04. The molecule has 1 saturated carbocycles. The van der Waals surface area contributed by atoms with Gasteiger partial charge in [-0.15, -0.1) is 0 Å². The van der Waals surface area contributed by atoms with Crippen molar-refractivity contribution in [1.29, 1.82) is 0 Å². The van der Waals surface area contributed by atoms with Crippen LogP contribution in [0.15, 0.2) is 18.2 Å². The molecule has 2 aliphatic heterocycles. The van der Waals surface area contributed by atoms with Gasteiger partial charge in [-0.25, -0.2) is 4.79 Å². The number of amides is 3. The standard InChI is InChI=1S/C18H22N2O3/c1-3-12-6-7-17(9-12)10-18(15(21)19-16(22)20-18)13-8-11(2)4-5-14(13)23-17/h4-5,8,12H,3,6-7,9-10H2,1-2H3,(H2,19,20,21,22). The Morgan fingerprint density at radius 2 is 2.17 bits per heavy atom. The van der Waals surface area contributed by atoms with Gasteiger partial charge in [-0.2, -0.15) is 0 Å². The van der Waals surface area contributed by atoms with Crippen LogP contribution in [0.25, 0.3) is 0 Å². The van der Waals surface area contributed by atoms with E-state index in [1.165, 1.54) is 0 Å². The minimum atomic E-state index is -0.987. The molecule has 0 radical (unpaired) electrons. The lowest BCUT2D eigenvalue weighted by Gasteiger charge is -2.44. The predicted octanol–water partition coefficient (Wildman–Crippen LogP) is 2.76. The van der Waals surface area contributed by atoms with Gasteiger partial charge in [-0.3, -0.25) is 10.1 Å². The maximum Gasteiger partial charge on any atom is 0.322 e. The number of urea groups is 1. The molecule has 1 saturated heterocycles. The molecule has 2 spiro atoms. The third-order valence-corrected chi connectivity index (χ3v) is 5.70. The summed E-state index contributed by atoms with van der Waals surface area (Å²) >= 11 is 0. The van der Waals surface area contributed by atoms with Crippen molar-refractivity contribution in [3.8, 4) is 5.75 Å². The number of hydrogen-bond donors (Lipinski definition) is 2. The number of ether oxygens (including phenoxy) is 1. The van der Waals surface area contributed by atoms with Gasteiger partial charge in [0, 0.05) is 12.0 Å². The Morgan fingerprint density at radius 1 is 1.35 bits per heavy atom. The maximum atomic E-state index is 12.7. The van der Waals surface area contributed by atoms with Crippen molar-refractivity contribution in [3.05, 3.63) is 29.3 Å². The molecule has 1 aliphatic carbocycles. The molecule has 2 N–H and O–H groups in total. The van der Waals surface area contributed by atoms with Crippen molar-refractivity contribution in [1.82, 2.24) is 10.6 Å². The summed E-state index contributed by atoms with van der Waals surface area (Å²) in [5, 5.41) is 5.33. The van der Waals surface area contributed by atoms with Crippen molar-refractivity contribution < 1.29 is 14.3 Å². The van der Waals surface area contributed by atoms with Gasteiger partial charge in [0.2, 0.25) is 0 Å². The zero-order chi connectivity index (χ0) is 16.2. The van der Waals surface area contributed by atoms with E-state index in [4.69, 9.17) is 4.74 Å². The zero-order valence-electron chi connectivity index (χ0n) is 13.6. The quantitative estimate of drug-likeness (QED) is 0.783. The highest BCUT2D eigenvalue weighted by Gasteiger charge is 2.59. The van der Waals surface area contributed by atoms with Crippen molar-refractivity contribution in [2.45, 2.75) is 57.1 Å². The number of nitrogens with one attached hydrogen (secondary N) is 2. The first kappa shape index (κ1) is 14.5. The monoisotopic (exact) mass is 314 g/mol. The summed E-state index contributed by atoms with van der Waals surface area (Å²) in [6.45, 7) is 4.18. The number of hydrogen-bond acceptors (Lipinski definition) is 3. The van der Waals surface area contributed by atoms with E-state index in [-0.39, 0.29) is 11.5 Å². The minimum absolute atomic E-state index is 0.253. The molecule has 3 aliphatic rings. The average Bonchev–Trinajstić information content (AvgIpc) is 3.02. The van der Waals surface area contributed by atoms with Crippen LogP contribution in [-0.2, 0) is 10.3 Å². The van der Waals surface area contributed by atoms with E-state index in [1.54, 1.807) is 0 Å². The van der Waals surface area contributed by atoms with E-state index in [0.29, 0.717) is 12.3 Å². The first-order valence-corrected chi connectivity index (χ1v) is 8.40. The molecule has 2 fully saturated rings. The molecule has 3 amide bonds. The maximum absolute atomic E-state index is 12.7. The molecule has 23 heavy (non-hydrogen) atoms. The average molecular weight is 314 g/mol. The van der Waals surface area contributed by atoms with Crippen LogP contribution in [0.5, 0.6) is 5.75 Å². The molecule has 1 aromatic carbocycles. The molecule has 5 nitrogen and oxygen atoms in total. The van der Waals surface area contributed by atoms with Crippen LogP contribution in [0.4, 0.5) is 4.79 Å². The van der Waals surface area contributed by atoms with Crippen LogP contribution in [0.1, 0.15) is 50.2 Å². The summed E-state index contributed by atoms with van der Waals surface area (Å²) in [5.74, 6) is 1.10. The van der Waals surface area contributed by atoms with E-state index in [0.717, 1.165) is 42.6 Å². The van der Waals surface area contributed by atoms with Gasteiger partial charge < -0.3 is 10.1 Å². The van der Waals surface area contributed by atoms with Crippen LogP contribution in [0.3, 0.4) is 0 Å². The Labute approximate surface area is 135 Å². The van der Waals surface area contributed by atoms with E-state index in [1.807, 2.05) is 25.1 Å². The van der Waals surface area contributed by atoms with Gasteiger partial charge in [0.1, 0.15) is 11.4 Å². The largest absolute Gasteiger partial charge is 0.487 e. The molecule has 2 heterocycles. The highest BCUT2D eigenvalue weighted by Crippen LogP contribution is 2.52. The zero-order valence-corrected chi connectivity index (χ0v) is 13.6. The van der Waals surface area contributed by atoms with Gasteiger partial charge in [0.25, 0.3) is 5.91 Å². The van der Waals surface area contributed by atoms with Crippen molar-refractivity contribution in [3.63, 3.8) is 0 Å². The smallest absolute Gasteiger partial charge is 0.322 e. The normalized spacial score (nSPS) is 35.1. The summed E-state index contributed by atoms with van der Waals surface area (Å²) in [5.41, 5.74) is 0.498. The molecule has 0 aromatic heterocycles. The van der Waals surface area contributed by atoms with Crippen LogP contribution >= 0.6 is 0 Å². The molecule has 4 rings (SSSR count). The summed E-state index contributed by atoms with van der Waals surface area (Å²) in [4.78, 5) is 24.5. The summed E-state index contributed by atoms with van der Waals surface area (Å²) < 4.78 is 6.41. The first-order valence-electron chi connectivity index (χ1n) is 8.40. The molecule has 122 valence electrons. The molecule has 0 bridgehead atoms. The number of imide groups is 1. The Bertz CT molecular complexity index is 702. The minimum Gasteiger partial charge on any atom is -0.487 e. The van der Waals surface area contributed by atoms with E-state index >= 15 is 0 Å². The third-order valence-electron chi connectivity index (χ3n) is 5.70. The van der Waals surface area contributed by atoms with Crippen molar-refractivity contribution in [2.75, 3.05) is 0 Å². The SMILES string of the molecule is CCC1CCC2(C1)CC1(NC(=O)NC1=O)c1cc(C)ccc1O2. The number of fused-ring (bicyclic) bond motifs is 2. The summed E-state index contributed by atoms with van der Waals surface area (Å²) in [7, 11) is 0. The number of aryl methyl sites for hydroxylation is 1. The highest BCUT2D eigenvalue weighted by atomic mass is 16.5. The van der Waals surface area contributed by atoms with Gasteiger partial charge in [-0.1, -0.05) is 25.0 Å². The van der Waals surface area contributed by atoms with Crippen LogP contribution in [0.2, 0.25) is 0 Å². The second kappa shape index (κ2) is 4.73. The van der Waals surface area contributed by atoms with E-state index in [9.17, 15) is 9.59 Å². The molecular formula is C18H22N2O3. The lowest BCUT2D eigenvalue weighted by atomic mass is 9.75. The van der Waals surface area contributed by atoms with Crippen molar-refractivity contribution in [2.24, 2.45) is 5.92 Å². The fraction of sp³-hybridized carbons (Fsp3) is 0.556. The third kappa shape index (κ3) is 2.06. The van der Waals surface area contributed by atoms with Gasteiger partial charge in [0.15, 0.2) is 5.54 Å². The topological polar surface area (TPSA) is 67.4 Å². The van der Waals surface area contributed by atoms with Gasteiger partial charge >= 0.3 is 6.03 Å². The predicted molar refractivity (Wildman–Crippen MR) is 85.1 cm³/mol. The molecule has 3 unspecified atom stereocenters. The van der Waals surface area contributed by atoms with Crippen molar-refractivity contribution >= 4 is 11.9 Å². The first-order chi connectivity index (χ1) is 11.0. The number of rotatable bonds is 1. The second-order valence-corrected chi connectivity index (χ2v) is 7.29. The molecule has 1 aromatic rings. The fourth-order valence-electron chi connectivity index (χ4n) is 4.52. The number of carbonyl (C=O) groups excluding carboxylic acids is 2. The van der Waals surface area contributed by atoms with E-state index < -0.39 is 11.6 Å². The molecule has 5 heteroatoms. The van der Waals surface area contributed by atoms with Crippen LogP contribution < -0.4 is 15.4 Å². The second-order valence-electron chi connectivity index (χ2n) is 7.29. The highest BCUT2D eigenvalue weighted by molar-refractivity contribution is 6.08. The summed E-state index contributed by atoms with van der Waals surface area (Å²) in [6.07, 6.45) is 4.64. The number of carbonyl (C=O) groups is 2. The molecule has 3 atom stereocenters. The Kier molecular flexibility index (Phi) is 2.99. The Morgan fingerprint density at radius 3 is 2.83 bits per heavy atom. The summed E-state index contributed by atoms with van der Waals surface area (Å²) in [6, 6.07) is 5.47.